The summed E-state index contributed by atoms with van der Waals surface area (Å²) in [6, 6.07) is 17.5. The van der Waals surface area contributed by atoms with Gasteiger partial charge in [0.15, 0.2) is 0 Å². The summed E-state index contributed by atoms with van der Waals surface area (Å²) in [5, 5.41) is 5.19. The molecule has 0 aliphatic carbocycles. The van der Waals surface area contributed by atoms with Crippen molar-refractivity contribution in [2.45, 2.75) is 5.16 Å². The SMILES string of the molecule is COc1ccc(OCCSc2ncn(-c3ccccc3)n2)cc1. The number of aromatic nitrogens is 3. The number of hydrogen-bond acceptors (Lipinski definition) is 5. The minimum absolute atomic E-state index is 0.594. The van der Waals surface area contributed by atoms with Crippen LogP contribution >= 0.6 is 11.8 Å². The highest BCUT2D eigenvalue weighted by molar-refractivity contribution is 7.99. The molecule has 0 radical (unpaired) electrons. The number of methoxy groups -OCH3 is 1. The lowest BCUT2D eigenvalue weighted by Gasteiger charge is -2.05. The molecule has 0 amide bonds. The Kier molecular flexibility index (Phi) is 5.16. The van der Waals surface area contributed by atoms with Gasteiger partial charge in [-0.1, -0.05) is 30.0 Å². The lowest BCUT2D eigenvalue weighted by molar-refractivity contribution is 0.342. The Bertz CT molecular complexity index is 729. The van der Waals surface area contributed by atoms with E-state index in [-0.39, 0.29) is 0 Å². The van der Waals surface area contributed by atoms with Crippen molar-refractivity contribution in [2.75, 3.05) is 19.5 Å². The quantitative estimate of drug-likeness (QED) is 0.491. The maximum absolute atomic E-state index is 5.68. The van der Waals surface area contributed by atoms with E-state index in [1.807, 2.05) is 54.6 Å². The number of benzene rings is 2. The number of rotatable bonds is 7. The molecule has 0 aliphatic rings. The van der Waals surface area contributed by atoms with Gasteiger partial charge in [-0.15, -0.1) is 5.10 Å². The predicted molar refractivity (Wildman–Crippen MR) is 90.6 cm³/mol. The molecule has 23 heavy (non-hydrogen) atoms. The summed E-state index contributed by atoms with van der Waals surface area (Å²) in [4.78, 5) is 4.30. The van der Waals surface area contributed by atoms with Gasteiger partial charge < -0.3 is 9.47 Å². The highest BCUT2D eigenvalue weighted by Crippen LogP contribution is 2.18. The van der Waals surface area contributed by atoms with Crippen molar-refractivity contribution in [3.63, 3.8) is 0 Å². The lowest BCUT2D eigenvalue weighted by atomic mass is 10.3. The van der Waals surface area contributed by atoms with Crippen LogP contribution in [0.15, 0.2) is 66.1 Å². The van der Waals surface area contributed by atoms with Crippen LogP contribution in [0.5, 0.6) is 11.5 Å². The molecule has 6 heteroatoms. The molecule has 0 N–H and O–H groups in total. The molecule has 1 aromatic heterocycles. The third-order valence-corrected chi connectivity index (χ3v) is 3.95. The van der Waals surface area contributed by atoms with Crippen LogP contribution in [-0.4, -0.2) is 34.2 Å². The molecule has 0 saturated heterocycles. The number of para-hydroxylation sites is 1. The third kappa shape index (κ3) is 4.26. The van der Waals surface area contributed by atoms with Crippen molar-refractivity contribution in [3.05, 3.63) is 60.9 Å². The van der Waals surface area contributed by atoms with E-state index in [1.54, 1.807) is 29.9 Å². The number of nitrogens with zero attached hydrogens (tertiary/aromatic N) is 3. The fraction of sp³-hybridized carbons (Fsp3) is 0.176. The molecule has 0 saturated carbocycles. The van der Waals surface area contributed by atoms with Crippen molar-refractivity contribution in [2.24, 2.45) is 0 Å². The van der Waals surface area contributed by atoms with E-state index in [0.717, 1.165) is 28.1 Å². The van der Waals surface area contributed by atoms with Crippen molar-refractivity contribution in [3.8, 4) is 17.2 Å². The first-order valence-corrected chi connectivity index (χ1v) is 8.20. The minimum Gasteiger partial charge on any atom is -0.497 e. The zero-order valence-corrected chi connectivity index (χ0v) is 13.6. The fourth-order valence-electron chi connectivity index (χ4n) is 1.98. The minimum atomic E-state index is 0.594. The van der Waals surface area contributed by atoms with Gasteiger partial charge in [0.25, 0.3) is 0 Å². The van der Waals surface area contributed by atoms with Crippen LogP contribution in [0.2, 0.25) is 0 Å². The van der Waals surface area contributed by atoms with Crippen LogP contribution in [0.1, 0.15) is 0 Å². The van der Waals surface area contributed by atoms with E-state index in [0.29, 0.717) is 6.61 Å². The van der Waals surface area contributed by atoms with Crippen LogP contribution in [0.25, 0.3) is 5.69 Å². The first-order chi connectivity index (χ1) is 11.3. The highest BCUT2D eigenvalue weighted by Gasteiger charge is 2.03. The molecule has 0 unspecified atom stereocenters. The van der Waals surface area contributed by atoms with Gasteiger partial charge in [0, 0.05) is 5.75 Å². The highest BCUT2D eigenvalue weighted by atomic mass is 32.2. The fourth-order valence-corrected chi connectivity index (χ4v) is 2.60. The van der Waals surface area contributed by atoms with Crippen LogP contribution in [0.3, 0.4) is 0 Å². The molecule has 0 spiro atoms. The summed E-state index contributed by atoms with van der Waals surface area (Å²) in [6.45, 7) is 0.594. The van der Waals surface area contributed by atoms with E-state index in [9.17, 15) is 0 Å². The van der Waals surface area contributed by atoms with Gasteiger partial charge in [0.2, 0.25) is 5.16 Å². The Morgan fingerprint density at radius 3 is 2.48 bits per heavy atom. The van der Waals surface area contributed by atoms with Gasteiger partial charge in [-0.05, 0) is 36.4 Å². The second-order valence-corrected chi connectivity index (χ2v) is 5.74. The Morgan fingerprint density at radius 1 is 1.00 bits per heavy atom. The second-order valence-electron chi connectivity index (χ2n) is 4.68. The largest absolute Gasteiger partial charge is 0.497 e. The average Bonchev–Trinajstić information content (AvgIpc) is 3.09. The van der Waals surface area contributed by atoms with Crippen LogP contribution in [0, 0.1) is 0 Å². The van der Waals surface area contributed by atoms with Gasteiger partial charge in [0.05, 0.1) is 19.4 Å². The first kappa shape index (κ1) is 15.4. The van der Waals surface area contributed by atoms with Crippen molar-refractivity contribution in [1.29, 1.82) is 0 Å². The smallest absolute Gasteiger partial charge is 0.208 e. The van der Waals surface area contributed by atoms with Crippen molar-refractivity contribution < 1.29 is 9.47 Å². The Labute approximate surface area is 139 Å². The molecule has 5 nitrogen and oxygen atoms in total. The topological polar surface area (TPSA) is 49.2 Å². The molecule has 118 valence electrons. The normalized spacial score (nSPS) is 10.5. The molecule has 0 fully saturated rings. The number of hydrogen-bond donors (Lipinski definition) is 0. The summed E-state index contributed by atoms with van der Waals surface area (Å²) >= 11 is 1.57. The van der Waals surface area contributed by atoms with Gasteiger partial charge >= 0.3 is 0 Å². The van der Waals surface area contributed by atoms with E-state index in [1.165, 1.54) is 0 Å². The van der Waals surface area contributed by atoms with E-state index >= 15 is 0 Å². The zero-order chi connectivity index (χ0) is 15.9. The predicted octanol–water partition coefficient (Wildman–Crippen LogP) is 3.45. The van der Waals surface area contributed by atoms with Crippen molar-refractivity contribution in [1.82, 2.24) is 14.8 Å². The number of thioether (sulfide) groups is 1. The average molecular weight is 327 g/mol. The Hall–Kier alpha value is -2.47. The molecule has 0 atom stereocenters. The Morgan fingerprint density at radius 2 is 1.74 bits per heavy atom. The summed E-state index contributed by atoms with van der Waals surface area (Å²) in [5.74, 6) is 2.43. The molecule has 0 aliphatic heterocycles. The van der Waals surface area contributed by atoms with Gasteiger partial charge in [-0.25, -0.2) is 9.67 Å². The van der Waals surface area contributed by atoms with E-state index in [4.69, 9.17) is 9.47 Å². The van der Waals surface area contributed by atoms with E-state index in [2.05, 4.69) is 10.1 Å². The van der Waals surface area contributed by atoms with Gasteiger partial charge in [0.1, 0.15) is 17.8 Å². The molecule has 3 aromatic rings. The third-order valence-electron chi connectivity index (χ3n) is 3.13. The van der Waals surface area contributed by atoms with Crippen molar-refractivity contribution >= 4 is 11.8 Å². The van der Waals surface area contributed by atoms with Crippen LogP contribution in [-0.2, 0) is 0 Å². The van der Waals surface area contributed by atoms with Gasteiger partial charge in [-0.3, -0.25) is 0 Å². The molecular weight excluding hydrogens is 310 g/mol. The summed E-state index contributed by atoms with van der Waals surface area (Å²) in [5.41, 5.74) is 1.00. The standard InChI is InChI=1S/C17H17N3O2S/c1-21-15-7-9-16(10-8-15)22-11-12-23-17-18-13-20(19-17)14-5-3-2-4-6-14/h2-10,13H,11-12H2,1H3. The van der Waals surface area contributed by atoms with Crippen LogP contribution in [0.4, 0.5) is 0 Å². The zero-order valence-electron chi connectivity index (χ0n) is 12.8. The Balaban J connectivity index is 1.46. The maximum atomic E-state index is 5.68. The molecular formula is C17H17N3O2S. The molecule has 1 heterocycles. The molecule has 3 rings (SSSR count). The van der Waals surface area contributed by atoms with Gasteiger partial charge in [-0.2, -0.15) is 0 Å². The van der Waals surface area contributed by atoms with Crippen LogP contribution < -0.4 is 9.47 Å². The molecule has 2 aromatic carbocycles. The summed E-state index contributed by atoms with van der Waals surface area (Å²) in [6.07, 6.45) is 1.72. The second kappa shape index (κ2) is 7.69. The lowest BCUT2D eigenvalue weighted by Crippen LogP contribution is -2.00. The first-order valence-electron chi connectivity index (χ1n) is 7.22. The maximum Gasteiger partial charge on any atom is 0.208 e. The summed E-state index contributed by atoms with van der Waals surface area (Å²) < 4.78 is 12.6. The summed E-state index contributed by atoms with van der Waals surface area (Å²) in [7, 11) is 1.65. The number of ether oxygens (including phenoxy) is 2. The molecule has 0 bridgehead atoms. The monoisotopic (exact) mass is 327 g/mol. The van der Waals surface area contributed by atoms with E-state index < -0.39 is 0 Å².